The third-order valence-corrected chi connectivity index (χ3v) is 5.98. The molecule has 4 rings (SSSR count). The van der Waals surface area contributed by atoms with Crippen LogP contribution in [0.5, 0.6) is 11.5 Å². The van der Waals surface area contributed by atoms with Gasteiger partial charge < -0.3 is 14.8 Å². The Hall–Kier alpha value is -3.85. The average Bonchev–Trinajstić information content (AvgIpc) is 3.27. The molecule has 0 radical (unpaired) electrons. The highest BCUT2D eigenvalue weighted by molar-refractivity contribution is 7.99. The van der Waals surface area contributed by atoms with Gasteiger partial charge in [0.15, 0.2) is 11.0 Å². The molecule has 0 atom stereocenters. The van der Waals surface area contributed by atoms with Crippen molar-refractivity contribution < 1.29 is 18.7 Å². The van der Waals surface area contributed by atoms with Crippen molar-refractivity contribution in [1.82, 2.24) is 14.8 Å². The number of hydrogen-bond acceptors (Lipinski definition) is 6. The fourth-order valence-electron chi connectivity index (χ4n) is 3.34. The summed E-state index contributed by atoms with van der Waals surface area (Å²) in [6.45, 7) is 1.99. The largest absolute Gasteiger partial charge is 0.497 e. The van der Waals surface area contributed by atoms with Crippen molar-refractivity contribution in [2.75, 3.05) is 25.3 Å². The standard InChI is InChI=1S/C25H23FN4O3S/c1-16-8-10-17(11-9-16)30-24(19-6-4-5-7-20(19)26)28-29-25(30)34-15-23(31)27-21-14-18(32-2)12-13-22(21)33-3/h4-14H,15H2,1-3H3,(H,27,31). The molecule has 0 saturated heterocycles. The SMILES string of the molecule is COc1ccc(OC)c(NC(=O)CSc2nnc(-c3ccccc3F)n2-c2ccc(C)cc2)c1. The molecule has 0 fully saturated rings. The van der Waals surface area contributed by atoms with Crippen molar-refractivity contribution in [3.05, 3.63) is 78.1 Å². The molecule has 0 unspecified atom stereocenters. The van der Waals surface area contributed by atoms with E-state index in [2.05, 4.69) is 15.5 Å². The number of hydrogen-bond donors (Lipinski definition) is 1. The lowest BCUT2D eigenvalue weighted by Crippen LogP contribution is -2.15. The summed E-state index contributed by atoms with van der Waals surface area (Å²) in [4.78, 5) is 12.7. The number of amides is 1. The second kappa shape index (κ2) is 10.4. The first-order valence-electron chi connectivity index (χ1n) is 10.4. The van der Waals surface area contributed by atoms with E-state index in [0.29, 0.717) is 33.7 Å². The summed E-state index contributed by atoms with van der Waals surface area (Å²) in [5.41, 5.74) is 2.68. The lowest BCUT2D eigenvalue weighted by Gasteiger charge is -2.13. The van der Waals surface area contributed by atoms with Crippen LogP contribution in [0, 0.1) is 12.7 Å². The minimum absolute atomic E-state index is 0.0572. The summed E-state index contributed by atoms with van der Waals surface area (Å²) in [5, 5.41) is 11.8. The van der Waals surface area contributed by atoms with Gasteiger partial charge in [0.25, 0.3) is 0 Å². The molecule has 0 aliphatic carbocycles. The van der Waals surface area contributed by atoms with Gasteiger partial charge in [-0.2, -0.15) is 0 Å². The van der Waals surface area contributed by atoms with Gasteiger partial charge in [-0.1, -0.05) is 41.6 Å². The van der Waals surface area contributed by atoms with E-state index in [9.17, 15) is 9.18 Å². The Bertz CT molecular complexity index is 1310. The third-order valence-electron chi connectivity index (χ3n) is 5.05. The van der Waals surface area contributed by atoms with Crippen LogP contribution in [0.2, 0.25) is 0 Å². The van der Waals surface area contributed by atoms with Crippen LogP contribution in [-0.2, 0) is 4.79 Å². The number of ether oxygens (including phenoxy) is 2. The molecule has 0 aliphatic rings. The van der Waals surface area contributed by atoms with Gasteiger partial charge in [-0.25, -0.2) is 4.39 Å². The molecular formula is C25H23FN4O3S. The Kier molecular flexibility index (Phi) is 7.12. The van der Waals surface area contributed by atoms with E-state index in [-0.39, 0.29) is 11.7 Å². The van der Waals surface area contributed by atoms with Crippen molar-refractivity contribution in [3.63, 3.8) is 0 Å². The quantitative estimate of drug-likeness (QED) is 0.354. The molecule has 1 amide bonds. The van der Waals surface area contributed by atoms with Crippen LogP contribution in [0.3, 0.4) is 0 Å². The smallest absolute Gasteiger partial charge is 0.234 e. The minimum Gasteiger partial charge on any atom is -0.497 e. The average molecular weight is 479 g/mol. The number of nitrogens with zero attached hydrogens (tertiary/aromatic N) is 3. The third kappa shape index (κ3) is 5.04. The fourth-order valence-corrected chi connectivity index (χ4v) is 4.09. The molecule has 1 aromatic heterocycles. The molecule has 0 spiro atoms. The number of halogens is 1. The molecule has 9 heteroatoms. The monoisotopic (exact) mass is 478 g/mol. The first-order valence-corrected chi connectivity index (χ1v) is 11.4. The van der Waals surface area contributed by atoms with Crippen LogP contribution in [0.25, 0.3) is 17.1 Å². The van der Waals surface area contributed by atoms with Crippen LogP contribution in [0.4, 0.5) is 10.1 Å². The molecule has 4 aromatic rings. The predicted octanol–water partition coefficient (Wildman–Crippen LogP) is 5.13. The predicted molar refractivity (Wildman–Crippen MR) is 130 cm³/mol. The zero-order valence-corrected chi connectivity index (χ0v) is 19.7. The maximum Gasteiger partial charge on any atom is 0.234 e. The number of rotatable bonds is 8. The number of carbonyl (C=O) groups is 1. The second-order valence-corrected chi connectivity index (χ2v) is 8.30. The van der Waals surface area contributed by atoms with E-state index in [1.54, 1.807) is 48.1 Å². The van der Waals surface area contributed by atoms with E-state index < -0.39 is 5.82 Å². The number of aromatic nitrogens is 3. The molecular weight excluding hydrogens is 455 g/mol. The van der Waals surface area contributed by atoms with Crippen molar-refractivity contribution in [1.29, 1.82) is 0 Å². The van der Waals surface area contributed by atoms with Crippen LogP contribution in [0.15, 0.2) is 71.9 Å². The molecule has 0 bridgehead atoms. The number of aryl methyl sites for hydroxylation is 1. The molecule has 1 heterocycles. The lowest BCUT2D eigenvalue weighted by molar-refractivity contribution is -0.113. The first-order chi connectivity index (χ1) is 16.5. The van der Waals surface area contributed by atoms with Gasteiger partial charge in [-0.15, -0.1) is 10.2 Å². The maximum absolute atomic E-state index is 14.6. The molecule has 1 N–H and O–H groups in total. The summed E-state index contributed by atoms with van der Waals surface area (Å²) in [6, 6.07) is 19.3. The highest BCUT2D eigenvalue weighted by Crippen LogP contribution is 2.31. The van der Waals surface area contributed by atoms with Crippen molar-refractivity contribution in [3.8, 4) is 28.6 Å². The van der Waals surface area contributed by atoms with Gasteiger partial charge in [-0.3, -0.25) is 9.36 Å². The van der Waals surface area contributed by atoms with Crippen molar-refractivity contribution in [2.24, 2.45) is 0 Å². The number of nitrogens with one attached hydrogen (secondary N) is 1. The number of anilines is 1. The van der Waals surface area contributed by atoms with E-state index in [1.165, 1.54) is 24.9 Å². The van der Waals surface area contributed by atoms with E-state index in [0.717, 1.165) is 11.3 Å². The summed E-state index contributed by atoms with van der Waals surface area (Å²) in [5.74, 6) is 0.868. The summed E-state index contributed by atoms with van der Waals surface area (Å²) < 4.78 is 26.9. The lowest BCUT2D eigenvalue weighted by atomic mass is 10.2. The van der Waals surface area contributed by atoms with Gasteiger partial charge in [0.05, 0.1) is 31.2 Å². The minimum atomic E-state index is -0.400. The number of benzene rings is 3. The van der Waals surface area contributed by atoms with Gasteiger partial charge in [0, 0.05) is 11.8 Å². The highest BCUT2D eigenvalue weighted by Gasteiger charge is 2.20. The highest BCUT2D eigenvalue weighted by atomic mass is 32.2. The second-order valence-electron chi connectivity index (χ2n) is 7.36. The van der Waals surface area contributed by atoms with Crippen LogP contribution in [0.1, 0.15) is 5.56 Å². The Labute approximate surface area is 200 Å². The zero-order valence-electron chi connectivity index (χ0n) is 18.9. The van der Waals surface area contributed by atoms with E-state index in [4.69, 9.17) is 9.47 Å². The Morgan fingerprint density at radius 1 is 1.03 bits per heavy atom. The number of carbonyl (C=O) groups excluding carboxylic acids is 1. The molecule has 0 saturated carbocycles. The summed E-state index contributed by atoms with van der Waals surface area (Å²) >= 11 is 1.20. The fraction of sp³-hybridized carbons (Fsp3) is 0.160. The molecule has 7 nitrogen and oxygen atoms in total. The number of methoxy groups -OCH3 is 2. The van der Waals surface area contributed by atoms with Gasteiger partial charge in [-0.05, 0) is 43.3 Å². The summed E-state index contributed by atoms with van der Waals surface area (Å²) in [6.07, 6.45) is 0. The normalized spacial score (nSPS) is 10.7. The zero-order chi connectivity index (χ0) is 24.1. The summed E-state index contributed by atoms with van der Waals surface area (Å²) in [7, 11) is 3.08. The van der Waals surface area contributed by atoms with E-state index >= 15 is 0 Å². The number of thioether (sulfide) groups is 1. The van der Waals surface area contributed by atoms with E-state index in [1.807, 2.05) is 31.2 Å². The van der Waals surface area contributed by atoms with Gasteiger partial charge in [0.1, 0.15) is 17.3 Å². The van der Waals surface area contributed by atoms with Crippen molar-refractivity contribution >= 4 is 23.4 Å². The van der Waals surface area contributed by atoms with Crippen molar-refractivity contribution in [2.45, 2.75) is 12.1 Å². The van der Waals surface area contributed by atoms with Crippen LogP contribution in [-0.4, -0.2) is 40.6 Å². The molecule has 3 aromatic carbocycles. The first kappa shape index (κ1) is 23.3. The Morgan fingerprint density at radius 2 is 1.79 bits per heavy atom. The molecule has 0 aliphatic heterocycles. The Balaban J connectivity index is 1.61. The van der Waals surface area contributed by atoms with Crippen LogP contribution < -0.4 is 14.8 Å². The maximum atomic E-state index is 14.6. The Morgan fingerprint density at radius 3 is 2.50 bits per heavy atom. The topological polar surface area (TPSA) is 78.3 Å². The van der Waals surface area contributed by atoms with Gasteiger partial charge >= 0.3 is 0 Å². The molecule has 174 valence electrons. The van der Waals surface area contributed by atoms with Gasteiger partial charge in [0.2, 0.25) is 5.91 Å². The van der Waals surface area contributed by atoms with Crippen LogP contribution >= 0.6 is 11.8 Å². The molecule has 34 heavy (non-hydrogen) atoms.